The van der Waals surface area contributed by atoms with Crippen molar-refractivity contribution in [1.82, 2.24) is 4.90 Å². The third-order valence-corrected chi connectivity index (χ3v) is 5.30. The Morgan fingerprint density at radius 3 is 2.44 bits per heavy atom. The normalized spacial score (nSPS) is 11.0. The molecular formula is C18H21N3O5S. The first-order chi connectivity index (χ1) is 12.7. The van der Waals surface area contributed by atoms with Gasteiger partial charge in [0.15, 0.2) is 0 Å². The highest BCUT2D eigenvalue weighted by Crippen LogP contribution is 2.21. The standard InChI is InChI=1S/C18H21N3O5S/c1-3-4-12-20(2)18(22)14-8-10-15(11-9-14)19-27(25,26)17-7-5-6-16(13-17)21(23)24/h5-11,13,19H,3-4,12H2,1-2H3. The first kappa shape index (κ1) is 20.4. The fourth-order valence-corrected chi connectivity index (χ4v) is 3.47. The lowest BCUT2D eigenvalue weighted by Gasteiger charge is -2.17. The molecule has 0 fully saturated rings. The van der Waals surface area contributed by atoms with Crippen LogP contribution in [0.25, 0.3) is 0 Å². The molecule has 2 aromatic carbocycles. The first-order valence-electron chi connectivity index (χ1n) is 8.37. The second kappa shape index (κ2) is 8.63. The van der Waals surface area contributed by atoms with E-state index >= 15 is 0 Å². The maximum Gasteiger partial charge on any atom is 0.270 e. The van der Waals surface area contributed by atoms with Crippen LogP contribution in [0.5, 0.6) is 0 Å². The van der Waals surface area contributed by atoms with Gasteiger partial charge in [-0.2, -0.15) is 0 Å². The zero-order valence-electron chi connectivity index (χ0n) is 15.1. The van der Waals surface area contributed by atoms with E-state index in [0.29, 0.717) is 12.1 Å². The van der Waals surface area contributed by atoms with Crippen molar-refractivity contribution in [2.75, 3.05) is 18.3 Å². The van der Waals surface area contributed by atoms with E-state index in [1.54, 1.807) is 11.9 Å². The van der Waals surface area contributed by atoms with Crippen LogP contribution in [0.15, 0.2) is 53.4 Å². The van der Waals surface area contributed by atoms with Crippen LogP contribution in [-0.4, -0.2) is 37.7 Å². The molecule has 0 bridgehead atoms. The second-order valence-corrected chi connectivity index (χ2v) is 7.70. The summed E-state index contributed by atoms with van der Waals surface area (Å²) in [6.45, 7) is 2.69. The highest BCUT2D eigenvalue weighted by Gasteiger charge is 2.18. The van der Waals surface area contributed by atoms with Crippen molar-refractivity contribution >= 4 is 27.3 Å². The monoisotopic (exact) mass is 391 g/mol. The summed E-state index contributed by atoms with van der Waals surface area (Å²) < 4.78 is 27.2. The number of unbranched alkanes of at least 4 members (excludes halogenated alkanes) is 1. The third kappa shape index (κ3) is 5.27. The van der Waals surface area contributed by atoms with Crippen LogP contribution < -0.4 is 4.72 Å². The molecule has 144 valence electrons. The van der Waals surface area contributed by atoms with Gasteiger partial charge in [-0.3, -0.25) is 19.6 Å². The Labute approximate surface area is 158 Å². The van der Waals surface area contributed by atoms with Crippen molar-refractivity contribution in [3.63, 3.8) is 0 Å². The van der Waals surface area contributed by atoms with Crippen molar-refractivity contribution in [2.24, 2.45) is 0 Å². The molecule has 0 unspecified atom stereocenters. The number of sulfonamides is 1. The fourth-order valence-electron chi connectivity index (χ4n) is 2.38. The average Bonchev–Trinajstić information content (AvgIpc) is 2.66. The van der Waals surface area contributed by atoms with Crippen LogP contribution in [0.2, 0.25) is 0 Å². The summed E-state index contributed by atoms with van der Waals surface area (Å²) in [6, 6.07) is 10.8. The molecular weight excluding hydrogens is 370 g/mol. The van der Waals surface area contributed by atoms with E-state index in [1.165, 1.54) is 42.5 Å². The molecule has 0 saturated carbocycles. The van der Waals surface area contributed by atoms with Crippen molar-refractivity contribution < 1.29 is 18.1 Å². The Kier molecular flexibility index (Phi) is 6.51. The fraction of sp³-hybridized carbons (Fsp3) is 0.278. The molecule has 0 spiro atoms. The zero-order chi connectivity index (χ0) is 20.0. The molecule has 1 N–H and O–H groups in total. The van der Waals surface area contributed by atoms with E-state index in [4.69, 9.17) is 0 Å². The number of anilines is 1. The van der Waals surface area contributed by atoms with Crippen molar-refractivity contribution in [1.29, 1.82) is 0 Å². The number of hydrogen-bond acceptors (Lipinski definition) is 5. The first-order valence-corrected chi connectivity index (χ1v) is 9.85. The molecule has 0 aliphatic carbocycles. The molecule has 0 aliphatic rings. The molecule has 0 saturated heterocycles. The molecule has 9 heteroatoms. The van der Waals surface area contributed by atoms with E-state index in [0.717, 1.165) is 18.9 Å². The maximum atomic E-state index is 12.4. The maximum absolute atomic E-state index is 12.4. The van der Waals surface area contributed by atoms with E-state index < -0.39 is 14.9 Å². The van der Waals surface area contributed by atoms with Gasteiger partial charge in [0, 0.05) is 37.0 Å². The van der Waals surface area contributed by atoms with E-state index in [9.17, 15) is 23.3 Å². The molecule has 0 aliphatic heterocycles. The summed E-state index contributed by atoms with van der Waals surface area (Å²) >= 11 is 0. The Hall–Kier alpha value is -2.94. The minimum atomic E-state index is -3.98. The number of hydrogen-bond donors (Lipinski definition) is 1. The molecule has 8 nitrogen and oxygen atoms in total. The average molecular weight is 391 g/mol. The SMILES string of the molecule is CCCCN(C)C(=O)c1ccc(NS(=O)(=O)c2cccc([N+](=O)[O-])c2)cc1. The second-order valence-electron chi connectivity index (χ2n) is 6.02. The number of carbonyl (C=O) groups excluding carboxylic acids is 1. The van der Waals surface area contributed by atoms with Gasteiger partial charge in [0.05, 0.1) is 9.82 Å². The van der Waals surface area contributed by atoms with Crippen LogP contribution in [0.4, 0.5) is 11.4 Å². The number of nitrogens with zero attached hydrogens (tertiary/aromatic N) is 2. The van der Waals surface area contributed by atoms with Gasteiger partial charge in [-0.05, 0) is 36.8 Å². The number of nitro benzene ring substituents is 1. The molecule has 0 radical (unpaired) electrons. The summed E-state index contributed by atoms with van der Waals surface area (Å²) in [5.41, 5.74) is 0.398. The van der Waals surface area contributed by atoms with Crippen molar-refractivity contribution in [3.05, 3.63) is 64.2 Å². The number of carbonyl (C=O) groups is 1. The van der Waals surface area contributed by atoms with Gasteiger partial charge < -0.3 is 4.90 Å². The van der Waals surface area contributed by atoms with E-state index in [2.05, 4.69) is 4.72 Å². The Morgan fingerprint density at radius 1 is 1.19 bits per heavy atom. The van der Waals surface area contributed by atoms with Crippen LogP contribution in [0.3, 0.4) is 0 Å². The lowest BCUT2D eigenvalue weighted by atomic mass is 10.2. The zero-order valence-corrected chi connectivity index (χ0v) is 15.9. The highest BCUT2D eigenvalue weighted by molar-refractivity contribution is 7.92. The minimum absolute atomic E-state index is 0.142. The summed E-state index contributed by atoms with van der Waals surface area (Å²) in [4.78, 5) is 23.9. The van der Waals surface area contributed by atoms with Crippen LogP contribution in [0, 0.1) is 10.1 Å². The quantitative estimate of drug-likeness (QED) is 0.548. The Morgan fingerprint density at radius 2 is 1.85 bits per heavy atom. The lowest BCUT2D eigenvalue weighted by Crippen LogP contribution is -2.27. The number of rotatable bonds is 8. The van der Waals surface area contributed by atoms with Gasteiger partial charge in [-0.25, -0.2) is 8.42 Å². The van der Waals surface area contributed by atoms with Gasteiger partial charge in [-0.15, -0.1) is 0 Å². The Bertz CT molecular complexity index is 926. The van der Waals surface area contributed by atoms with Gasteiger partial charge in [0.1, 0.15) is 0 Å². The molecule has 0 atom stereocenters. The number of nitro groups is 1. The number of amides is 1. The van der Waals surface area contributed by atoms with E-state index in [-0.39, 0.29) is 22.2 Å². The third-order valence-electron chi connectivity index (χ3n) is 3.92. The summed E-state index contributed by atoms with van der Waals surface area (Å²) in [7, 11) is -2.26. The van der Waals surface area contributed by atoms with Gasteiger partial charge in [0.2, 0.25) is 0 Å². The summed E-state index contributed by atoms with van der Waals surface area (Å²) in [6.07, 6.45) is 1.89. The largest absolute Gasteiger partial charge is 0.342 e. The predicted molar refractivity (Wildman–Crippen MR) is 102 cm³/mol. The van der Waals surface area contributed by atoms with Gasteiger partial charge in [0.25, 0.3) is 21.6 Å². The van der Waals surface area contributed by atoms with Crippen LogP contribution in [0.1, 0.15) is 30.1 Å². The summed E-state index contributed by atoms with van der Waals surface area (Å²) in [5.74, 6) is -0.142. The molecule has 0 aromatic heterocycles. The smallest absolute Gasteiger partial charge is 0.270 e. The number of nitrogens with one attached hydrogen (secondary N) is 1. The number of non-ortho nitro benzene ring substituents is 1. The molecule has 0 heterocycles. The van der Waals surface area contributed by atoms with Crippen molar-refractivity contribution in [3.8, 4) is 0 Å². The molecule has 1 amide bonds. The van der Waals surface area contributed by atoms with E-state index in [1.807, 2.05) is 6.92 Å². The highest BCUT2D eigenvalue weighted by atomic mass is 32.2. The number of benzene rings is 2. The minimum Gasteiger partial charge on any atom is -0.342 e. The topological polar surface area (TPSA) is 110 Å². The summed E-state index contributed by atoms with van der Waals surface area (Å²) in [5, 5.41) is 10.8. The molecule has 2 aromatic rings. The lowest BCUT2D eigenvalue weighted by molar-refractivity contribution is -0.385. The van der Waals surface area contributed by atoms with Crippen molar-refractivity contribution in [2.45, 2.75) is 24.7 Å². The van der Waals surface area contributed by atoms with Gasteiger partial charge in [-0.1, -0.05) is 19.4 Å². The van der Waals surface area contributed by atoms with Gasteiger partial charge >= 0.3 is 0 Å². The van der Waals surface area contributed by atoms with Crippen LogP contribution in [-0.2, 0) is 10.0 Å². The predicted octanol–water partition coefficient (Wildman–Crippen LogP) is 3.27. The molecule has 27 heavy (non-hydrogen) atoms. The Balaban J connectivity index is 2.14. The van der Waals surface area contributed by atoms with Crippen LogP contribution >= 0.6 is 0 Å². The molecule has 2 rings (SSSR count).